The highest BCUT2D eigenvalue weighted by Crippen LogP contribution is 2.44. The molecule has 2 heterocycles. The minimum Gasteiger partial charge on any atom is -0.378 e. The summed E-state index contributed by atoms with van der Waals surface area (Å²) >= 11 is 0. The van der Waals surface area contributed by atoms with Gasteiger partial charge in [0.05, 0.1) is 25.6 Å². The molecule has 0 radical (unpaired) electrons. The van der Waals surface area contributed by atoms with Crippen LogP contribution in [0.1, 0.15) is 55.2 Å². The van der Waals surface area contributed by atoms with Crippen molar-refractivity contribution < 1.29 is 33.5 Å². The van der Waals surface area contributed by atoms with E-state index < -0.39 is 58.9 Å². The van der Waals surface area contributed by atoms with Crippen LogP contribution in [0.4, 0.5) is 0 Å². The fraction of sp³-hybridized carbons (Fsp3) is 0.442. The zero-order valence-electron chi connectivity index (χ0n) is 32.5. The van der Waals surface area contributed by atoms with E-state index in [-0.39, 0.29) is 51.5 Å². The Hall–Kier alpha value is -5.60. The highest BCUT2D eigenvalue weighted by Gasteiger charge is 2.43. The number of carbonyl (C=O) groups is 6. The van der Waals surface area contributed by atoms with Gasteiger partial charge in [-0.1, -0.05) is 85.8 Å². The van der Waals surface area contributed by atoms with Crippen LogP contribution in [0.5, 0.6) is 0 Å². The Bertz CT molecular complexity index is 1830. The maximum atomic E-state index is 14.6. The summed E-state index contributed by atoms with van der Waals surface area (Å²) in [6.07, 6.45) is 12.0. The minimum atomic E-state index is -1.01. The first-order valence-electron chi connectivity index (χ1n) is 19.7. The van der Waals surface area contributed by atoms with Crippen LogP contribution in [0.25, 0.3) is 0 Å². The maximum Gasteiger partial charge on any atom is 0.246 e. The van der Waals surface area contributed by atoms with Gasteiger partial charge in [0.1, 0.15) is 12.1 Å². The van der Waals surface area contributed by atoms with Gasteiger partial charge < -0.3 is 42.0 Å². The number of carbonyl (C=O) groups excluding carboxylic acids is 6. The van der Waals surface area contributed by atoms with Crippen LogP contribution >= 0.6 is 0 Å². The first-order chi connectivity index (χ1) is 27.6. The van der Waals surface area contributed by atoms with Crippen molar-refractivity contribution in [2.75, 3.05) is 45.9 Å². The number of hydrogen-bond acceptors (Lipinski definition) is 8. The number of amides is 6. The second kappa shape index (κ2) is 21.1. The number of nitrogens with one attached hydrogen (secondary N) is 5. The summed E-state index contributed by atoms with van der Waals surface area (Å²) in [7, 11) is 0. The summed E-state index contributed by atoms with van der Waals surface area (Å²) in [6.45, 7) is 3.83. The van der Waals surface area contributed by atoms with Gasteiger partial charge in [0, 0.05) is 57.3 Å². The molecule has 2 aromatic rings. The largest absolute Gasteiger partial charge is 0.378 e. The number of rotatable bonds is 9. The van der Waals surface area contributed by atoms with Crippen LogP contribution in [0.2, 0.25) is 0 Å². The van der Waals surface area contributed by atoms with Crippen LogP contribution in [0.3, 0.4) is 0 Å². The third-order valence-electron chi connectivity index (χ3n) is 10.7. The molecule has 1 fully saturated rings. The fourth-order valence-corrected chi connectivity index (χ4v) is 7.64. The molecule has 14 heteroatoms. The third kappa shape index (κ3) is 12.2. The Labute approximate surface area is 334 Å². The van der Waals surface area contributed by atoms with E-state index in [2.05, 4.69) is 45.7 Å². The van der Waals surface area contributed by atoms with Crippen molar-refractivity contribution in [3.63, 3.8) is 0 Å². The van der Waals surface area contributed by atoms with Crippen LogP contribution < -0.4 is 32.3 Å². The molecule has 0 aromatic heterocycles. The Balaban J connectivity index is 1.46. The summed E-state index contributed by atoms with van der Waals surface area (Å²) in [5.74, 6) is -3.66. The number of ether oxygens (including phenoxy) is 1. The maximum absolute atomic E-state index is 14.6. The van der Waals surface area contributed by atoms with Gasteiger partial charge in [0.15, 0.2) is 0 Å². The summed E-state index contributed by atoms with van der Waals surface area (Å²) in [5.41, 5.74) is 7.13. The van der Waals surface area contributed by atoms with E-state index in [4.69, 9.17) is 10.5 Å². The predicted octanol–water partition coefficient (Wildman–Crippen LogP) is 1.53. The molecule has 0 saturated carbocycles. The Morgan fingerprint density at radius 2 is 1.70 bits per heavy atom. The van der Waals surface area contributed by atoms with Crippen molar-refractivity contribution in [2.24, 2.45) is 17.1 Å². The molecular formula is C43H55N7O7. The van der Waals surface area contributed by atoms with Gasteiger partial charge in [-0.05, 0) is 47.8 Å². The van der Waals surface area contributed by atoms with E-state index in [0.29, 0.717) is 50.1 Å². The Morgan fingerprint density at radius 1 is 0.930 bits per heavy atom. The molecular weight excluding hydrogens is 727 g/mol. The van der Waals surface area contributed by atoms with Gasteiger partial charge in [-0.15, -0.1) is 0 Å². The van der Waals surface area contributed by atoms with Crippen LogP contribution in [0.15, 0.2) is 91.1 Å². The number of nitrogens with two attached hydrogens (primary N) is 1. The average molecular weight is 782 g/mol. The van der Waals surface area contributed by atoms with Crippen LogP contribution in [-0.2, 0) is 46.5 Å². The quantitative estimate of drug-likeness (QED) is 0.206. The van der Waals surface area contributed by atoms with E-state index in [1.807, 2.05) is 54.6 Å². The first-order valence-corrected chi connectivity index (χ1v) is 19.7. The number of hydrogen-bond donors (Lipinski definition) is 6. The summed E-state index contributed by atoms with van der Waals surface area (Å²) in [4.78, 5) is 83.1. The molecule has 5 atom stereocenters. The molecule has 6 amide bonds. The molecule has 14 nitrogen and oxygen atoms in total. The molecule has 1 saturated heterocycles. The van der Waals surface area contributed by atoms with E-state index in [1.165, 1.54) is 4.90 Å². The monoisotopic (exact) mass is 781 g/mol. The highest BCUT2D eigenvalue weighted by molar-refractivity contribution is 5.97. The van der Waals surface area contributed by atoms with Crippen LogP contribution in [-0.4, -0.2) is 98.4 Å². The van der Waals surface area contributed by atoms with Gasteiger partial charge in [0.25, 0.3) is 0 Å². The predicted molar refractivity (Wildman–Crippen MR) is 215 cm³/mol. The minimum absolute atomic E-state index is 0.0320. The molecule has 1 aliphatic carbocycles. The molecule has 304 valence electrons. The lowest BCUT2D eigenvalue weighted by Gasteiger charge is -2.41. The van der Waals surface area contributed by atoms with Crippen molar-refractivity contribution in [3.8, 4) is 0 Å². The number of allylic oxidation sites excluding steroid dienone is 4. The molecule has 2 bridgehead atoms. The standard InChI is InChI=1S/C43H55N7O7/c1-43(19-8-3-9-20-43)38(30-11-4-2-5-12-30)39-42(56)47-28-32-14-7-6-13-31(32)27-36(52)48-34(41(55)46-23-26-57-25-21-44)18-22-45-35(51)16-17-37(53)50-24-10-15-33(29-50)40(54)49-39/h2-9,11-14,16-17,19,33-34,38-39H,10,15,18,20-29,44H2,1H3,(H,45,51)(H,46,55)(H,47,56)(H,48,52)(H,49,54)/b17-16+/t33-,34+,38?,39+,43?/m1/s1. The zero-order chi connectivity index (χ0) is 40.6. The Morgan fingerprint density at radius 3 is 2.46 bits per heavy atom. The smallest absolute Gasteiger partial charge is 0.246 e. The molecule has 2 aromatic carbocycles. The van der Waals surface area contributed by atoms with Crippen molar-refractivity contribution in [3.05, 3.63) is 108 Å². The second-order valence-corrected chi connectivity index (χ2v) is 14.9. The summed E-state index contributed by atoms with van der Waals surface area (Å²) in [6, 6.07) is 14.9. The average Bonchev–Trinajstić information content (AvgIpc) is 3.21. The summed E-state index contributed by atoms with van der Waals surface area (Å²) < 4.78 is 5.35. The number of benzene rings is 2. The molecule has 2 unspecified atom stereocenters. The van der Waals surface area contributed by atoms with E-state index in [0.717, 1.165) is 17.7 Å². The normalized spacial score (nSPS) is 25.0. The van der Waals surface area contributed by atoms with Gasteiger partial charge in [0.2, 0.25) is 35.4 Å². The fourth-order valence-electron chi connectivity index (χ4n) is 7.64. The van der Waals surface area contributed by atoms with E-state index in [1.54, 1.807) is 12.1 Å². The van der Waals surface area contributed by atoms with E-state index >= 15 is 0 Å². The van der Waals surface area contributed by atoms with Crippen LogP contribution in [0, 0.1) is 11.3 Å². The Kier molecular flexibility index (Phi) is 15.7. The molecule has 57 heavy (non-hydrogen) atoms. The van der Waals surface area contributed by atoms with E-state index in [9.17, 15) is 28.8 Å². The first kappa shape index (κ1) is 42.5. The molecule has 2 aliphatic heterocycles. The van der Waals surface area contributed by atoms with Gasteiger partial charge in [-0.2, -0.15) is 0 Å². The van der Waals surface area contributed by atoms with Crippen molar-refractivity contribution in [1.29, 1.82) is 0 Å². The lowest BCUT2D eigenvalue weighted by Crippen LogP contribution is -2.56. The molecule has 7 N–H and O–H groups in total. The van der Waals surface area contributed by atoms with Gasteiger partial charge in [-0.25, -0.2) is 0 Å². The molecule has 0 spiro atoms. The topological polar surface area (TPSA) is 201 Å². The molecule has 3 aliphatic rings. The van der Waals surface area contributed by atoms with Crippen molar-refractivity contribution in [1.82, 2.24) is 31.5 Å². The number of piperidine rings is 1. The number of fused-ring (bicyclic) bond motifs is 3. The third-order valence-corrected chi connectivity index (χ3v) is 10.7. The second-order valence-electron chi connectivity index (χ2n) is 14.9. The van der Waals surface area contributed by atoms with Gasteiger partial charge >= 0.3 is 0 Å². The SMILES string of the molecule is CC1(C(c2ccccc2)[C@@H]2NC(=O)[C@@H]3CCCN(C3)C(=O)/C=C/C(=O)NCC[C@@H](C(=O)NCCOCCN)NC(=O)Cc3ccccc3CNC2=O)C=CC=CC1. The van der Waals surface area contributed by atoms with Crippen molar-refractivity contribution >= 4 is 35.4 Å². The highest BCUT2D eigenvalue weighted by atomic mass is 16.5. The lowest BCUT2D eigenvalue weighted by molar-refractivity contribution is -0.136. The number of nitrogens with zero attached hydrogens (tertiary/aromatic N) is 1. The lowest BCUT2D eigenvalue weighted by atomic mass is 9.66. The zero-order valence-corrected chi connectivity index (χ0v) is 32.5. The molecule has 5 rings (SSSR count). The van der Waals surface area contributed by atoms with Gasteiger partial charge in [-0.3, -0.25) is 28.8 Å². The summed E-state index contributed by atoms with van der Waals surface area (Å²) in [5, 5.41) is 14.4. The van der Waals surface area contributed by atoms with Crippen molar-refractivity contribution in [2.45, 2.75) is 63.6 Å².